The van der Waals surface area contributed by atoms with Crippen molar-refractivity contribution < 1.29 is 4.79 Å². The van der Waals surface area contributed by atoms with Crippen molar-refractivity contribution >= 4 is 34.0 Å². The standard InChI is InChI=1S/C18H12ClN3OS/c1-11-16(13-6-8-15(19)9-7-13)21-18(24-11)22-17(23)14-4-2-12(10-20)3-5-14/h2-9H,1H3,(H,21,22,23). The molecule has 0 aliphatic rings. The van der Waals surface area contributed by atoms with E-state index in [0.717, 1.165) is 16.1 Å². The van der Waals surface area contributed by atoms with Gasteiger partial charge in [0.05, 0.1) is 17.3 Å². The summed E-state index contributed by atoms with van der Waals surface area (Å²) in [5, 5.41) is 12.8. The number of anilines is 1. The van der Waals surface area contributed by atoms with Crippen LogP contribution in [0.5, 0.6) is 0 Å². The average Bonchev–Trinajstić information content (AvgIpc) is 2.96. The fourth-order valence-corrected chi connectivity index (χ4v) is 3.15. The van der Waals surface area contributed by atoms with Gasteiger partial charge in [0.2, 0.25) is 0 Å². The number of nitrogens with zero attached hydrogens (tertiary/aromatic N) is 2. The lowest BCUT2D eigenvalue weighted by Gasteiger charge is -2.01. The van der Waals surface area contributed by atoms with Crippen LogP contribution >= 0.6 is 22.9 Å². The number of benzene rings is 2. The quantitative estimate of drug-likeness (QED) is 0.728. The maximum Gasteiger partial charge on any atom is 0.257 e. The lowest BCUT2D eigenvalue weighted by Crippen LogP contribution is -2.11. The van der Waals surface area contributed by atoms with E-state index in [-0.39, 0.29) is 5.91 Å². The van der Waals surface area contributed by atoms with Gasteiger partial charge in [-0.05, 0) is 43.3 Å². The number of hydrogen-bond acceptors (Lipinski definition) is 4. The molecule has 0 saturated heterocycles. The Morgan fingerprint density at radius 2 is 1.83 bits per heavy atom. The molecule has 3 aromatic rings. The van der Waals surface area contributed by atoms with Gasteiger partial charge in [-0.2, -0.15) is 5.26 Å². The Bertz CT molecular complexity index is 924. The molecule has 1 amide bonds. The molecule has 2 aromatic carbocycles. The Labute approximate surface area is 148 Å². The van der Waals surface area contributed by atoms with E-state index in [9.17, 15) is 4.79 Å². The molecule has 0 atom stereocenters. The van der Waals surface area contributed by atoms with Crippen LogP contribution in [0.4, 0.5) is 5.13 Å². The second kappa shape index (κ2) is 6.83. The normalized spacial score (nSPS) is 10.2. The molecular formula is C18H12ClN3OS. The monoisotopic (exact) mass is 353 g/mol. The number of halogens is 1. The predicted molar refractivity (Wildman–Crippen MR) is 96.4 cm³/mol. The number of hydrogen-bond donors (Lipinski definition) is 1. The van der Waals surface area contributed by atoms with Crippen molar-refractivity contribution in [3.05, 3.63) is 69.6 Å². The molecule has 4 nitrogen and oxygen atoms in total. The van der Waals surface area contributed by atoms with E-state index in [2.05, 4.69) is 10.3 Å². The number of rotatable bonds is 3. The molecule has 6 heteroatoms. The van der Waals surface area contributed by atoms with Gasteiger partial charge in [0.25, 0.3) is 5.91 Å². The van der Waals surface area contributed by atoms with Gasteiger partial charge >= 0.3 is 0 Å². The summed E-state index contributed by atoms with van der Waals surface area (Å²) in [7, 11) is 0. The maximum atomic E-state index is 12.3. The lowest BCUT2D eigenvalue weighted by molar-refractivity contribution is 0.102. The van der Waals surface area contributed by atoms with Gasteiger partial charge < -0.3 is 0 Å². The summed E-state index contributed by atoms with van der Waals surface area (Å²) < 4.78 is 0. The maximum absolute atomic E-state index is 12.3. The third-order valence-corrected chi connectivity index (χ3v) is 4.55. The zero-order chi connectivity index (χ0) is 17.1. The van der Waals surface area contributed by atoms with Gasteiger partial charge in [0.15, 0.2) is 5.13 Å². The van der Waals surface area contributed by atoms with E-state index in [1.807, 2.05) is 37.3 Å². The van der Waals surface area contributed by atoms with Crippen LogP contribution in [0.3, 0.4) is 0 Å². The number of aromatic nitrogens is 1. The molecule has 0 aliphatic heterocycles. The molecule has 0 bridgehead atoms. The molecule has 0 unspecified atom stereocenters. The minimum Gasteiger partial charge on any atom is -0.298 e. The van der Waals surface area contributed by atoms with Crippen molar-refractivity contribution in [3.63, 3.8) is 0 Å². The minimum absolute atomic E-state index is 0.254. The van der Waals surface area contributed by atoms with Crippen LogP contribution in [0.2, 0.25) is 5.02 Å². The lowest BCUT2D eigenvalue weighted by atomic mass is 10.1. The Balaban J connectivity index is 1.80. The average molecular weight is 354 g/mol. The first-order chi connectivity index (χ1) is 11.6. The van der Waals surface area contributed by atoms with Crippen molar-refractivity contribution in [1.29, 1.82) is 5.26 Å². The Hall–Kier alpha value is -2.68. The van der Waals surface area contributed by atoms with Crippen LogP contribution in [0.25, 0.3) is 11.3 Å². The van der Waals surface area contributed by atoms with Crippen molar-refractivity contribution in [1.82, 2.24) is 4.98 Å². The number of carbonyl (C=O) groups excluding carboxylic acids is 1. The molecule has 1 N–H and O–H groups in total. The van der Waals surface area contributed by atoms with E-state index < -0.39 is 0 Å². The summed E-state index contributed by atoms with van der Waals surface area (Å²) in [6, 6.07) is 15.9. The van der Waals surface area contributed by atoms with Crippen LogP contribution in [0, 0.1) is 18.3 Å². The summed E-state index contributed by atoms with van der Waals surface area (Å²) >= 11 is 7.32. The largest absolute Gasteiger partial charge is 0.298 e. The fourth-order valence-electron chi connectivity index (χ4n) is 2.19. The molecule has 0 saturated carbocycles. The Kier molecular flexibility index (Phi) is 4.61. The highest BCUT2D eigenvalue weighted by atomic mass is 35.5. The third-order valence-electron chi connectivity index (χ3n) is 3.41. The first-order valence-corrected chi connectivity index (χ1v) is 8.31. The summed E-state index contributed by atoms with van der Waals surface area (Å²) in [5.41, 5.74) is 2.77. The van der Waals surface area contributed by atoms with Gasteiger partial charge in [-0.15, -0.1) is 11.3 Å². The van der Waals surface area contributed by atoms with Gasteiger partial charge in [0.1, 0.15) is 0 Å². The minimum atomic E-state index is -0.254. The molecule has 0 fully saturated rings. The molecule has 0 radical (unpaired) electrons. The second-order valence-electron chi connectivity index (χ2n) is 5.07. The van der Waals surface area contributed by atoms with Gasteiger partial charge in [-0.25, -0.2) is 4.98 Å². The predicted octanol–water partition coefficient (Wildman–Crippen LogP) is 4.90. The first kappa shape index (κ1) is 16.2. The van der Waals surface area contributed by atoms with Gasteiger partial charge in [-0.3, -0.25) is 10.1 Å². The fraction of sp³-hybridized carbons (Fsp3) is 0.0556. The van der Waals surface area contributed by atoms with Crippen molar-refractivity contribution in [2.75, 3.05) is 5.32 Å². The molecule has 24 heavy (non-hydrogen) atoms. The first-order valence-electron chi connectivity index (χ1n) is 7.11. The van der Waals surface area contributed by atoms with Crippen LogP contribution in [-0.4, -0.2) is 10.9 Å². The van der Waals surface area contributed by atoms with Crippen molar-refractivity contribution in [2.24, 2.45) is 0 Å². The summed E-state index contributed by atoms with van der Waals surface area (Å²) in [5.74, 6) is -0.254. The molecular weight excluding hydrogens is 342 g/mol. The number of amides is 1. The van der Waals surface area contributed by atoms with Gasteiger partial charge in [-0.1, -0.05) is 23.7 Å². The Morgan fingerprint density at radius 3 is 2.46 bits per heavy atom. The molecule has 1 heterocycles. The molecule has 0 spiro atoms. The number of nitrogens with one attached hydrogen (secondary N) is 1. The SMILES string of the molecule is Cc1sc(NC(=O)c2ccc(C#N)cc2)nc1-c1ccc(Cl)cc1. The number of aryl methyl sites for hydroxylation is 1. The molecule has 1 aromatic heterocycles. The zero-order valence-corrected chi connectivity index (χ0v) is 14.3. The number of thiazole rings is 1. The summed E-state index contributed by atoms with van der Waals surface area (Å²) in [4.78, 5) is 17.8. The zero-order valence-electron chi connectivity index (χ0n) is 12.7. The van der Waals surface area contributed by atoms with Gasteiger partial charge in [0, 0.05) is 21.0 Å². The summed E-state index contributed by atoms with van der Waals surface area (Å²) in [6.07, 6.45) is 0. The van der Waals surface area contributed by atoms with Crippen molar-refractivity contribution in [2.45, 2.75) is 6.92 Å². The van der Waals surface area contributed by atoms with E-state index in [0.29, 0.717) is 21.3 Å². The number of carbonyl (C=O) groups is 1. The third kappa shape index (κ3) is 3.46. The van der Waals surface area contributed by atoms with Crippen LogP contribution in [-0.2, 0) is 0 Å². The Morgan fingerprint density at radius 1 is 1.17 bits per heavy atom. The van der Waals surface area contributed by atoms with E-state index in [4.69, 9.17) is 16.9 Å². The van der Waals surface area contributed by atoms with Crippen LogP contribution in [0.15, 0.2) is 48.5 Å². The highest BCUT2D eigenvalue weighted by molar-refractivity contribution is 7.16. The highest BCUT2D eigenvalue weighted by Gasteiger charge is 2.13. The smallest absolute Gasteiger partial charge is 0.257 e. The molecule has 0 aliphatic carbocycles. The van der Waals surface area contributed by atoms with Crippen LogP contribution < -0.4 is 5.32 Å². The summed E-state index contributed by atoms with van der Waals surface area (Å²) in [6.45, 7) is 1.96. The topological polar surface area (TPSA) is 65.8 Å². The second-order valence-corrected chi connectivity index (χ2v) is 6.71. The van der Waals surface area contributed by atoms with E-state index >= 15 is 0 Å². The van der Waals surface area contributed by atoms with Crippen molar-refractivity contribution in [3.8, 4) is 17.3 Å². The molecule has 118 valence electrons. The molecule has 3 rings (SSSR count). The highest BCUT2D eigenvalue weighted by Crippen LogP contribution is 2.31. The number of nitriles is 1. The van der Waals surface area contributed by atoms with E-state index in [1.165, 1.54) is 11.3 Å². The van der Waals surface area contributed by atoms with E-state index in [1.54, 1.807) is 24.3 Å². The van der Waals surface area contributed by atoms with Crippen LogP contribution in [0.1, 0.15) is 20.8 Å².